The van der Waals surface area contributed by atoms with Crippen LogP contribution in [0.5, 0.6) is 0 Å². The Kier molecular flexibility index (Phi) is 5.61. The van der Waals surface area contributed by atoms with Crippen molar-refractivity contribution in [2.45, 2.75) is 6.92 Å². The minimum Gasteiger partial charge on any atom is -0.378 e. The van der Waals surface area contributed by atoms with Gasteiger partial charge in [-0.15, -0.1) is 0 Å². The molecule has 0 spiro atoms. The summed E-state index contributed by atoms with van der Waals surface area (Å²) in [5.74, 6) is 1.67. The van der Waals surface area contributed by atoms with Crippen LogP contribution >= 0.6 is 0 Å². The quantitative estimate of drug-likeness (QED) is 0.373. The Balaban J connectivity index is 1.55. The second-order valence-corrected chi connectivity index (χ2v) is 7.56. The largest absolute Gasteiger partial charge is 0.378 e. The van der Waals surface area contributed by atoms with Crippen LogP contribution in [-0.4, -0.2) is 57.0 Å². The van der Waals surface area contributed by atoms with Gasteiger partial charge < -0.3 is 9.64 Å². The molecule has 5 rings (SSSR count). The lowest BCUT2D eigenvalue weighted by molar-refractivity contribution is 0.122. The number of pyridine rings is 1. The highest BCUT2D eigenvalue weighted by Gasteiger charge is 2.20. The summed E-state index contributed by atoms with van der Waals surface area (Å²) in [5, 5.41) is 13.4. The fourth-order valence-corrected chi connectivity index (χ4v) is 3.55. The second kappa shape index (κ2) is 9.02. The molecule has 1 fully saturated rings. The summed E-state index contributed by atoms with van der Waals surface area (Å²) in [6, 6.07) is 13.6. The molecule has 0 radical (unpaired) electrons. The summed E-state index contributed by atoms with van der Waals surface area (Å²) >= 11 is 0. The molecule has 164 valence electrons. The van der Waals surface area contributed by atoms with Crippen LogP contribution in [0.3, 0.4) is 0 Å². The normalized spacial score (nSPS) is 14.0. The van der Waals surface area contributed by atoms with Crippen LogP contribution in [0.25, 0.3) is 17.0 Å². The number of ether oxygens (including phenoxy) is 1. The number of fused-ring (bicyclic) bond motifs is 1. The van der Waals surface area contributed by atoms with E-state index in [0.717, 1.165) is 11.1 Å². The third-order valence-electron chi connectivity index (χ3n) is 5.23. The molecule has 1 saturated heterocycles. The predicted octanol–water partition coefficient (Wildman–Crippen LogP) is 2.67. The topological polar surface area (TPSA) is 117 Å². The third kappa shape index (κ3) is 4.35. The SMILES string of the molecule is Cc1cccc(/C=N/Nc2nc(N3CCOCC3)nc3c2ncn3-c2ccc(C#N)cn2)c1. The number of benzene rings is 1. The zero-order valence-corrected chi connectivity index (χ0v) is 18.0. The van der Waals surface area contributed by atoms with Gasteiger partial charge in [0.25, 0.3) is 0 Å². The Morgan fingerprint density at radius 3 is 2.79 bits per heavy atom. The number of hydrogen-bond acceptors (Lipinski definition) is 9. The van der Waals surface area contributed by atoms with Crippen molar-refractivity contribution in [1.82, 2.24) is 24.5 Å². The molecule has 10 heteroatoms. The number of aromatic nitrogens is 5. The van der Waals surface area contributed by atoms with Crippen LogP contribution in [0.1, 0.15) is 16.7 Å². The summed E-state index contributed by atoms with van der Waals surface area (Å²) < 4.78 is 7.25. The van der Waals surface area contributed by atoms with E-state index in [-0.39, 0.29) is 0 Å². The van der Waals surface area contributed by atoms with Crippen molar-refractivity contribution in [2.75, 3.05) is 36.6 Å². The van der Waals surface area contributed by atoms with E-state index in [1.54, 1.807) is 29.2 Å². The van der Waals surface area contributed by atoms with Crippen LogP contribution in [-0.2, 0) is 4.74 Å². The maximum Gasteiger partial charge on any atom is 0.229 e. The van der Waals surface area contributed by atoms with Gasteiger partial charge >= 0.3 is 0 Å². The van der Waals surface area contributed by atoms with Gasteiger partial charge in [-0.25, -0.2) is 9.97 Å². The van der Waals surface area contributed by atoms with E-state index in [4.69, 9.17) is 20.0 Å². The highest BCUT2D eigenvalue weighted by atomic mass is 16.5. The van der Waals surface area contributed by atoms with Crippen LogP contribution in [0.15, 0.2) is 54.0 Å². The molecule has 0 aliphatic carbocycles. The smallest absolute Gasteiger partial charge is 0.229 e. The van der Waals surface area contributed by atoms with Gasteiger partial charge in [-0.2, -0.15) is 20.3 Å². The average Bonchev–Trinajstić information content (AvgIpc) is 3.29. The van der Waals surface area contributed by atoms with E-state index in [0.29, 0.717) is 60.6 Å². The zero-order valence-electron chi connectivity index (χ0n) is 18.0. The molecular weight excluding hydrogens is 418 g/mol. The Bertz CT molecular complexity index is 1350. The molecule has 1 N–H and O–H groups in total. The molecule has 0 atom stereocenters. The first kappa shape index (κ1) is 20.5. The van der Waals surface area contributed by atoms with Gasteiger partial charge in [0.05, 0.1) is 25.0 Å². The number of nitrogens with one attached hydrogen (secondary N) is 1. The number of aryl methyl sites for hydroxylation is 1. The lowest BCUT2D eigenvalue weighted by Crippen LogP contribution is -2.37. The van der Waals surface area contributed by atoms with Crippen molar-refractivity contribution in [3.63, 3.8) is 0 Å². The molecule has 1 aromatic carbocycles. The first-order valence-corrected chi connectivity index (χ1v) is 10.5. The Morgan fingerprint density at radius 2 is 2.03 bits per heavy atom. The summed E-state index contributed by atoms with van der Waals surface area (Å²) in [7, 11) is 0. The second-order valence-electron chi connectivity index (χ2n) is 7.56. The minimum absolute atomic E-state index is 0.486. The van der Waals surface area contributed by atoms with Gasteiger partial charge in [-0.05, 0) is 24.6 Å². The monoisotopic (exact) mass is 439 g/mol. The van der Waals surface area contributed by atoms with Gasteiger partial charge in [-0.3, -0.25) is 9.99 Å². The Hall–Kier alpha value is -4.36. The van der Waals surface area contributed by atoms with Crippen molar-refractivity contribution in [3.05, 3.63) is 65.6 Å². The maximum atomic E-state index is 9.06. The van der Waals surface area contributed by atoms with E-state index in [1.807, 2.05) is 31.2 Å². The van der Waals surface area contributed by atoms with Crippen molar-refractivity contribution in [3.8, 4) is 11.9 Å². The van der Waals surface area contributed by atoms with Crippen LogP contribution in [0.4, 0.5) is 11.8 Å². The fraction of sp³-hybridized carbons (Fsp3) is 0.217. The summed E-state index contributed by atoms with van der Waals surface area (Å²) in [4.78, 5) is 20.5. The molecule has 0 amide bonds. The molecule has 0 bridgehead atoms. The average molecular weight is 439 g/mol. The van der Waals surface area contributed by atoms with Crippen LogP contribution in [0, 0.1) is 18.3 Å². The van der Waals surface area contributed by atoms with E-state index < -0.39 is 0 Å². The van der Waals surface area contributed by atoms with Gasteiger partial charge in [-0.1, -0.05) is 29.8 Å². The first-order chi connectivity index (χ1) is 16.2. The molecular formula is C23H21N9O. The number of nitrogens with zero attached hydrogens (tertiary/aromatic N) is 8. The molecule has 1 aliphatic heterocycles. The highest BCUT2D eigenvalue weighted by molar-refractivity contribution is 5.86. The van der Waals surface area contributed by atoms with Crippen molar-refractivity contribution >= 4 is 29.1 Å². The number of anilines is 2. The van der Waals surface area contributed by atoms with E-state index >= 15 is 0 Å². The van der Waals surface area contributed by atoms with Crippen LogP contribution < -0.4 is 10.3 Å². The summed E-state index contributed by atoms with van der Waals surface area (Å²) in [6.07, 6.45) is 4.91. The third-order valence-corrected chi connectivity index (χ3v) is 5.23. The molecule has 10 nitrogen and oxygen atoms in total. The minimum atomic E-state index is 0.486. The molecule has 33 heavy (non-hydrogen) atoms. The maximum absolute atomic E-state index is 9.06. The number of imidazole rings is 1. The number of morpholine rings is 1. The van der Waals surface area contributed by atoms with Crippen molar-refractivity contribution in [1.29, 1.82) is 5.26 Å². The molecule has 4 aromatic rings. The number of hydrogen-bond donors (Lipinski definition) is 1. The summed E-state index contributed by atoms with van der Waals surface area (Å²) in [6.45, 7) is 4.66. The van der Waals surface area contributed by atoms with E-state index in [9.17, 15) is 0 Å². The standard InChI is InChI=1S/C23H21N9O/c1-16-3-2-4-17(11-16)14-27-30-21-20-22(29-23(28-21)31-7-9-33-10-8-31)32(15-26-20)19-6-5-18(12-24)13-25-19/h2-6,11,13-15H,7-10H2,1H3,(H,28,29,30)/b27-14+. The highest BCUT2D eigenvalue weighted by Crippen LogP contribution is 2.25. The first-order valence-electron chi connectivity index (χ1n) is 10.5. The summed E-state index contributed by atoms with van der Waals surface area (Å²) in [5.41, 5.74) is 6.83. The Morgan fingerprint density at radius 1 is 1.15 bits per heavy atom. The predicted molar refractivity (Wildman–Crippen MR) is 125 cm³/mol. The molecule has 4 heterocycles. The number of rotatable bonds is 5. The lowest BCUT2D eigenvalue weighted by atomic mass is 10.2. The number of nitriles is 1. The lowest BCUT2D eigenvalue weighted by Gasteiger charge is -2.27. The van der Waals surface area contributed by atoms with Gasteiger partial charge in [0.15, 0.2) is 17.0 Å². The van der Waals surface area contributed by atoms with Gasteiger partial charge in [0.2, 0.25) is 5.95 Å². The Labute approximate surface area is 190 Å². The van der Waals surface area contributed by atoms with E-state index in [2.05, 4.69) is 31.5 Å². The number of hydrazone groups is 1. The zero-order chi connectivity index (χ0) is 22.6. The fourth-order valence-electron chi connectivity index (χ4n) is 3.55. The molecule has 1 aliphatic rings. The van der Waals surface area contributed by atoms with E-state index in [1.165, 1.54) is 6.20 Å². The van der Waals surface area contributed by atoms with Gasteiger partial charge in [0, 0.05) is 19.3 Å². The molecule has 0 saturated carbocycles. The van der Waals surface area contributed by atoms with Crippen LogP contribution in [0.2, 0.25) is 0 Å². The molecule has 0 unspecified atom stereocenters. The van der Waals surface area contributed by atoms with Crippen molar-refractivity contribution in [2.24, 2.45) is 5.10 Å². The molecule has 3 aromatic heterocycles. The van der Waals surface area contributed by atoms with Crippen molar-refractivity contribution < 1.29 is 4.74 Å². The van der Waals surface area contributed by atoms with Gasteiger partial charge in [0.1, 0.15) is 18.2 Å².